The summed E-state index contributed by atoms with van der Waals surface area (Å²) in [5.41, 5.74) is 0. The monoisotopic (exact) mass is 168 g/mol. The van der Waals surface area contributed by atoms with Crippen LogP contribution in [0.25, 0.3) is 0 Å². The third-order valence-corrected chi connectivity index (χ3v) is 3.49. The van der Waals surface area contributed by atoms with E-state index in [-0.39, 0.29) is 0 Å². The van der Waals surface area contributed by atoms with Crippen molar-refractivity contribution in [2.45, 2.75) is 32.1 Å². The highest BCUT2D eigenvalue weighted by molar-refractivity contribution is 5.78. The van der Waals surface area contributed by atoms with Gasteiger partial charge >= 0.3 is 0 Å². The maximum Gasteiger partial charge on any atom is 0.144 e. The van der Waals surface area contributed by atoms with Gasteiger partial charge in [0, 0.05) is 0 Å². The summed E-state index contributed by atoms with van der Waals surface area (Å²) in [5.74, 6) is 0.490. The molecule has 2 fully saturated rings. The maximum absolute atomic E-state index is 11.1. The minimum Gasteiger partial charge on any atom is -0.323 e. The topological polar surface area (TPSA) is 17.1 Å². The summed E-state index contributed by atoms with van der Waals surface area (Å²) in [6.07, 6.45) is 5.87. The first kappa shape index (κ1) is 8.24. The number of hydrogen-bond donors (Lipinski definition) is 0. The molecular formula is C10H18NO+. The number of carbonyl (C=O) groups is 1. The Bertz CT molecular complexity index is 170. The molecule has 2 heteroatoms. The molecule has 12 heavy (non-hydrogen) atoms. The summed E-state index contributed by atoms with van der Waals surface area (Å²) in [5, 5.41) is 0. The average molecular weight is 168 g/mol. The van der Waals surface area contributed by atoms with Gasteiger partial charge in [0.15, 0.2) is 0 Å². The van der Waals surface area contributed by atoms with E-state index in [1.807, 2.05) is 0 Å². The lowest BCUT2D eigenvalue weighted by Gasteiger charge is -2.43. The van der Waals surface area contributed by atoms with Crippen molar-refractivity contribution < 1.29 is 9.28 Å². The fraction of sp³-hybridized carbons (Fsp3) is 0.900. The molecule has 2 nitrogen and oxygen atoms in total. The number of rotatable bonds is 0. The van der Waals surface area contributed by atoms with Crippen molar-refractivity contribution in [2.24, 2.45) is 0 Å². The number of hydrogen-bond acceptors (Lipinski definition) is 1. The van der Waals surface area contributed by atoms with Gasteiger partial charge in [-0.15, -0.1) is 0 Å². The molecule has 2 saturated heterocycles. The van der Waals surface area contributed by atoms with E-state index in [0.717, 1.165) is 25.9 Å². The Morgan fingerprint density at radius 1 is 0.833 bits per heavy atom. The lowest BCUT2D eigenvalue weighted by atomic mass is 10.0. The van der Waals surface area contributed by atoms with Gasteiger partial charge in [0.05, 0.1) is 39.0 Å². The lowest BCUT2D eigenvalue weighted by molar-refractivity contribution is -0.933. The molecule has 0 amide bonds. The average Bonchev–Trinajstić information content (AvgIpc) is 2.13. The molecule has 2 heterocycles. The molecule has 0 N–H and O–H groups in total. The normalized spacial score (nSPS) is 29.2. The third kappa shape index (κ3) is 1.53. The Hall–Kier alpha value is -0.370. The first-order chi connectivity index (χ1) is 5.81. The quantitative estimate of drug-likeness (QED) is 0.499. The summed E-state index contributed by atoms with van der Waals surface area (Å²) in [6.45, 7) is 4.96. The van der Waals surface area contributed by atoms with Crippen LogP contribution in [0.3, 0.4) is 0 Å². The smallest absolute Gasteiger partial charge is 0.144 e. The summed E-state index contributed by atoms with van der Waals surface area (Å²) in [7, 11) is 0. The Labute approximate surface area is 74.1 Å². The van der Waals surface area contributed by atoms with Crippen molar-refractivity contribution in [2.75, 3.05) is 26.2 Å². The van der Waals surface area contributed by atoms with Crippen molar-refractivity contribution >= 4 is 5.78 Å². The molecule has 0 radical (unpaired) electrons. The zero-order valence-corrected chi connectivity index (χ0v) is 7.72. The summed E-state index contributed by atoms with van der Waals surface area (Å²) in [4.78, 5) is 11.1. The van der Waals surface area contributed by atoms with Gasteiger partial charge in [-0.25, -0.2) is 0 Å². The predicted octanol–water partition coefficient (Wildman–Crippen LogP) is 1.35. The van der Waals surface area contributed by atoms with E-state index in [1.54, 1.807) is 0 Å². The molecule has 1 spiro atoms. The molecule has 0 aromatic carbocycles. The van der Waals surface area contributed by atoms with E-state index < -0.39 is 0 Å². The molecule has 0 bridgehead atoms. The van der Waals surface area contributed by atoms with Crippen LogP contribution in [0.5, 0.6) is 0 Å². The van der Waals surface area contributed by atoms with Gasteiger partial charge in [-0.1, -0.05) is 0 Å². The minimum absolute atomic E-state index is 0.490. The van der Waals surface area contributed by atoms with Crippen LogP contribution in [0.4, 0.5) is 0 Å². The second-order valence-corrected chi connectivity index (χ2v) is 4.34. The number of quaternary nitrogens is 1. The minimum atomic E-state index is 0.490. The Morgan fingerprint density at radius 2 is 1.42 bits per heavy atom. The second-order valence-electron chi connectivity index (χ2n) is 4.34. The summed E-state index contributed by atoms with van der Waals surface area (Å²) < 4.78 is 1.27. The largest absolute Gasteiger partial charge is 0.323 e. The Balaban J connectivity index is 1.96. The first-order valence-electron chi connectivity index (χ1n) is 5.18. The van der Waals surface area contributed by atoms with Crippen molar-refractivity contribution in [1.29, 1.82) is 0 Å². The molecule has 2 aliphatic rings. The molecule has 0 aromatic heterocycles. The molecule has 0 atom stereocenters. The zero-order valence-electron chi connectivity index (χ0n) is 7.72. The van der Waals surface area contributed by atoms with E-state index in [4.69, 9.17) is 0 Å². The van der Waals surface area contributed by atoms with E-state index in [0.29, 0.717) is 5.78 Å². The molecule has 0 saturated carbocycles. The maximum atomic E-state index is 11.1. The van der Waals surface area contributed by atoms with Crippen LogP contribution in [0.15, 0.2) is 0 Å². The highest BCUT2D eigenvalue weighted by Crippen LogP contribution is 2.23. The van der Waals surface area contributed by atoms with Crippen molar-refractivity contribution in [3.63, 3.8) is 0 Å². The van der Waals surface area contributed by atoms with Gasteiger partial charge in [-0.05, 0) is 19.3 Å². The van der Waals surface area contributed by atoms with Gasteiger partial charge in [-0.3, -0.25) is 4.79 Å². The van der Waals surface area contributed by atoms with E-state index >= 15 is 0 Å². The lowest BCUT2D eigenvalue weighted by Crippen LogP contribution is -2.55. The Morgan fingerprint density at radius 3 is 2.00 bits per heavy atom. The van der Waals surface area contributed by atoms with Crippen LogP contribution in [-0.2, 0) is 4.79 Å². The molecule has 68 valence electrons. The SMILES string of the molecule is O=C1CC[N+]2(CCCCC2)CC1. The van der Waals surface area contributed by atoms with Gasteiger partial charge in [0.1, 0.15) is 5.78 Å². The number of Topliss-reactive ketones (excluding diaryl/α,β-unsaturated/α-hetero) is 1. The van der Waals surface area contributed by atoms with Gasteiger partial charge in [-0.2, -0.15) is 0 Å². The van der Waals surface area contributed by atoms with Crippen LogP contribution >= 0.6 is 0 Å². The van der Waals surface area contributed by atoms with Gasteiger partial charge < -0.3 is 4.48 Å². The second kappa shape index (κ2) is 3.17. The standard InChI is InChI=1S/C10H18NO/c12-10-4-8-11(9-5-10)6-2-1-3-7-11/h1-9H2/q+1. The molecule has 2 rings (SSSR count). The third-order valence-electron chi connectivity index (χ3n) is 3.49. The summed E-state index contributed by atoms with van der Waals surface area (Å²) in [6, 6.07) is 0. The van der Waals surface area contributed by atoms with Crippen LogP contribution in [-0.4, -0.2) is 36.4 Å². The highest BCUT2D eigenvalue weighted by atomic mass is 16.1. The van der Waals surface area contributed by atoms with Crippen molar-refractivity contribution in [3.05, 3.63) is 0 Å². The van der Waals surface area contributed by atoms with E-state index in [2.05, 4.69) is 0 Å². The molecule has 2 aliphatic heterocycles. The number of ketones is 1. The summed E-state index contributed by atoms with van der Waals surface area (Å²) >= 11 is 0. The zero-order chi connectivity index (χ0) is 8.44. The van der Waals surface area contributed by atoms with Crippen LogP contribution < -0.4 is 0 Å². The van der Waals surface area contributed by atoms with Crippen molar-refractivity contribution in [3.8, 4) is 0 Å². The predicted molar refractivity (Wildman–Crippen MR) is 47.8 cm³/mol. The first-order valence-corrected chi connectivity index (χ1v) is 5.18. The van der Waals surface area contributed by atoms with Crippen LogP contribution in [0, 0.1) is 0 Å². The number of carbonyl (C=O) groups excluding carboxylic acids is 1. The van der Waals surface area contributed by atoms with E-state index in [9.17, 15) is 4.79 Å². The molecule has 0 aromatic rings. The molecule has 0 aliphatic carbocycles. The molecular weight excluding hydrogens is 150 g/mol. The van der Waals surface area contributed by atoms with Crippen LogP contribution in [0.2, 0.25) is 0 Å². The Kier molecular flexibility index (Phi) is 2.18. The number of nitrogens with zero attached hydrogens (tertiary/aromatic N) is 1. The van der Waals surface area contributed by atoms with Gasteiger partial charge in [0.25, 0.3) is 0 Å². The number of piperidine rings is 2. The van der Waals surface area contributed by atoms with Gasteiger partial charge in [0.2, 0.25) is 0 Å². The molecule has 0 unspecified atom stereocenters. The highest BCUT2D eigenvalue weighted by Gasteiger charge is 2.33. The fourth-order valence-electron chi connectivity index (χ4n) is 2.59. The van der Waals surface area contributed by atoms with E-state index in [1.165, 1.54) is 36.8 Å². The fourth-order valence-corrected chi connectivity index (χ4v) is 2.59. The van der Waals surface area contributed by atoms with Crippen molar-refractivity contribution in [1.82, 2.24) is 0 Å². The van der Waals surface area contributed by atoms with Crippen LogP contribution in [0.1, 0.15) is 32.1 Å².